The van der Waals surface area contributed by atoms with Gasteiger partial charge in [-0.25, -0.2) is 9.18 Å². The number of esters is 1. The average Bonchev–Trinajstić information content (AvgIpc) is 2.89. The molecule has 0 amide bonds. The van der Waals surface area contributed by atoms with Crippen molar-refractivity contribution in [3.63, 3.8) is 0 Å². The first-order valence-electron chi connectivity index (χ1n) is 8.74. The van der Waals surface area contributed by atoms with E-state index >= 15 is 0 Å². The van der Waals surface area contributed by atoms with Gasteiger partial charge in [-0.2, -0.15) is 0 Å². The monoisotopic (exact) mass is 317 g/mol. The Labute approximate surface area is 136 Å². The van der Waals surface area contributed by atoms with E-state index in [4.69, 9.17) is 4.74 Å². The van der Waals surface area contributed by atoms with Crippen molar-refractivity contribution in [2.24, 2.45) is 5.41 Å². The predicted molar refractivity (Wildman–Crippen MR) is 85.8 cm³/mol. The molecule has 1 spiro atoms. The first-order valence-corrected chi connectivity index (χ1v) is 8.74. The highest BCUT2D eigenvalue weighted by molar-refractivity contribution is 5.89. The second-order valence-electron chi connectivity index (χ2n) is 7.62. The predicted octanol–water partition coefficient (Wildman–Crippen LogP) is 3.69. The van der Waals surface area contributed by atoms with Gasteiger partial charge >= 0.3 is 5.97 Å². The molecule has 1 aromatic rings. The largest absolute Gasteiger partial charge is 0.465 e. The van der Waals surface area contributed by atoms with E-state index in [1.54, 1.807) is 0 Å². The molecule has 4 rings (SSSR count). The van der Waals surface area contributed by atoms with E-state index in [1.807, 2.05) is 6.07 Å². The molecular weight excluding hydrogens is 293 g/mol. The highest BCUT2D eigenvalue weighted by Crippen LogP contribution is 2.48. The van der Waals surface area contributed by atoms with Crippen LogP contribution in [0.25, 0.3) is 0 Å². The Morgan fingerprint density at radius 2 is 2.09 bits per heavy atom. The van der Waals surface area contributed by atoms with Crippen LogP contribution in [0.2, 0.25) is 0 Å². The van der Waals surface area contributed by atoms with Crippen LogP contribution in [0.5, 0.6) is 0 Å². The molecule has 3 aliphatic rings. The van der Waals surface area contributed by atoms with Gasteiger partial charge in [0.2, 0.25) is 0 Å². The Morgan fingerprint density at radius 1 is 1.30 bits per heavy atom. The fraction of sp³-hybridized carbons (Fsp3) is 0.632. The fourth-order valence-corrected chi connectivity index (χ4v) is 5.05. The Kier molecular flexibility index (Phi) is 3.67. The Hall–Kier alpha value is -1.42. The second kappa shape index (κ2) is 5.59. The van der Waals surface area contributed by atoms with E-state index in [9.17, 15) is 9.18 Å². The van der Waals surface area contributed by atoms with Gasteiger partial charge in [0.1, 0.15) is 5.82 Å². The average molecular weight is 317 g/mol. The van der Waals surface area contributed by atoms with Crippen molar-refractivity contribution in [2.45, 2.75) is 57.5 Å². The molecule has 2 aliphatic heterocycles. The Balaban J connectivity index is 1.61. The summed E-state index contributed by atoms with van der Waals surface area (Å²) in [5.41, 5.74) is 2.58. The molecule has 3 nitrogen and oxygen atoms in total. The normalized spacial score (nSPS) is 25.9. The Bertz CT molecular complexity index is 637. The smallest absolute Gasteiger partial charge is 0.337 e. The van der Waals surface area contributed by atoms with E-state index in [1.165, 1.54) is 51.7 Å². The number of halogens is 1. The summed E-state index contributed by atoms with van der Waals surface area (Å²) in [4.78, 5) is 14.2. The molecule has 1 atom stereocenters. The maximum atomic E-state index is 14.5. The Morgan fingerprint density at radius 3 is 2.83 bits per heavy atom. The zero-order valence-corrected chi connectivity index (χ0v) is 13.7. The number of benzene rings is 1. The number of fused-ring (bicyclic) bond motifs is 2. The van der Waals surface area contributed by atoms with Gasteiger partial charge in [0.25, 0.3) is 0 Å². The van der Waals surface area contributed by atoms with E-state index < -0.39 is 5.97 Å². The third-order valence-corrected chi connectivity index (χ3v) is 6.16. The van der Waals surface area contributed by atoms with Gasteiger partial charge in [-0.3, -0.25) is 4.90 Å². The van der Waals surface area contributed by atoms with Crippen LogP contribution in [0, 0.1) is 11.2 Å². The minimum Gasteiger partial charge on any atom is -0.465 e. The van der Waals surface area contributed by atoms with Crippen LogP contribution in [0.4, 0.5) is 4.39 Å². The molecule has 23 heavy (non-hydrogen) atoms. The van der Waals surface area contributed by atoms with Crippen LogP contribution in [-0.4, -0.2) is 30.6 Å². The highest BCUT2D eigenvalue weighted by atomic mass is 19.1. The van der Waals surface area contributed by atoms with Gasteiger partial charge in [0.05, 0.1) is 12.7 Å². The molecule has 1 aromatic carbocycles. The molecular formula is C19H24FNO2. The molecule has 0 aromatic heterocycles. The summed E-state index contributed by atoms with van der Waals surface area (Å²) < 4.78 is 19.2. The standard InChI is InChI=1S/C19H24FNO2/c1-23-18(22)14-7-13-8-15-10-19(5-3-2-4-6-19)12-21(15)11-16(13)17(20)9-14/h7,9,15H,2-6,8,10-12H2,1H3/t15-/m1/s1. The van der Waals surface area contributed by atoms with E-state index in [0.717, 1.165) is 24.1 Å². The van der Waals surface area contributed by atoms with Crippen LogP contribution in [0.15, 0.2) is 12.1 Å². The molecule has 0 N–H and O–H groups in total. The molecule has 2 heterocycles. The van der Waals surface area contributed by atoms with Gasteiger partial charge in [0.15, 0.2) is 0 Å². The zero-order chi connectivity index (χ0) is 16.0. The minimum absolute atomic E-state index is 0.258. The zero-order valence-electron chi connectivity index (χ0n) is 13.7. The van der Waals surface area contributed by atoms with Crippen molar-refractivity contribution in [1.82, 2.24) is 4.90 Å². The van der Waals surface area contributed by atoms with Crippen LogP contribution in [0.3, 0.4) is 0 Å². The molecule has 1 aliphatic carbocycles. The number of ether oxygens (including phenoxy) is 1. The lowest BCUT2D eigenvalue weighted by Gasteiger charge is -2.33. The summed E-state index contributed by atoms with van der Waals surface area (Å²) in [5.74, 6) is -0.713. The molecule has 1 saturated heterocycles. The molecule has 4 heteroatoms. The molecule has 2 fully saturated rings. The minimum atomic E-state index is -0.454. The SMILES string of the molecule is COC(=O)c1cc(F)c2c(c1)C[C@@H]1CC3(CCCCC3)CN1C2. The van der Waals surface area contributed by atoms with Crippen molar-refractivity contribution in [3.8, 4) is 0 Å². The summed E-state index contributed by atoms with van der Waals surface area (Å²) in [5, 5.41) is 0. The van der Waals surface area contributed by atoms with Crippen molar-refractivity contribution in [3.05, 3.63) is 34.6 Å². The number of carbonyl (C=O) groups excluding carboxylic acids is 1. The lowest BCUT2D eigenvalue weighted by molar-refractivity contribution is 0.0599. The summed E-state index contributed by atoms with van der Waals surface area (Å²) in [6, 6.07) is 3.68. The van der Waals surface area contributed by atoms with Crippen LogP contribution in [-0.2, 0) is 17.7 Å². The van der Waals surface area contributed by atoms with Gasteiger partial charge in [-0.05, 0) is 48.8 Å². The lowest BCUT2D eigenvalue weighted by atomic mass is 9.72. The number of nitrogens with zero attached hydrogens (tertiary/aromatic N) is 1. The second-order valence-corrected chi connectivity index (χ2v) is 7.62. The third-order valence-electron chi connectivity index (χ3n) is 6.16. The number of methoxy groups -OCH3 is 1. The fourth-order valence-electron chi connectivity index (χ4n) is 5.05. The first kappa shape index (κ1) is 15.1. The maximum absolute atomic E-state index is 14.5. The van der Waals surface area contributed by atoms with Crippen molar-refractivity contribution >= 4 is 5.97 Å². The molecule has 0 radical (unpaired) electrons. The van der Waals surface area contributed by atoms with Crippen LogP contribution < -0.4 is 0 Å². The number of carbonyl (C=O) groups is 1. The lowest BCUT2D eigenvalue weighted by Crippen LogP contribution is -2.36. The summed E-state index contributed by atoms with van der Waals surface area (Å²) in [7, 11) is 1.34. The topological polar surface area (TPSA) is 29.5 Å². The molecule has 124 valence electrons. The number of hydrogen-bond donors (Lipinski definition) is 0. The van der Waals surface area contributed by atoms with Gasteiger partial charge in [-0.15, -0.1) is 0 Å². The summed E-state index contributed by atoms with van der Waals surface area (Å²) in [6.07, 6.45) is 8.79. The van der Waals surface area contributed by atoms with E-state index in [0.29, 0.717) is 23.6 Å². The highest BCUT2D eigenvalue weighted by Gasteiger charge is 2.46. The van der Waals surface area contributed by atoms with Crippen molar-refractivity contribution in [2.75, 3.05) is 13.7 Å². The van der Waals surface area contributed by atoms with Gasteiger partial charge in [-0.1, -0.05) is 19.3 Å². The van der Waals surface area contributed by atoms with E-state index in [2.05, 4.69) is 4.90 Å². The maximum Gasteiger partial charge on any atom is 0.337 e. The third kappa shape index (κ3) is 2.57. The van der Waals surface area contributed by atoms with Crippen molar-refractivity contribution in [1.29, 1.82) is 0 Å². The van der Waals surface area contributed by atoms with Gasteiger partial charge in [0, 0.05) is 24.7 Å². The van der Waals surface area contributed by atoms with Gasteiger partial charge < -0.3 is 4.74 Å². The van der Waals surface area contributed by atoms with Crippen LogP contribution in [0.1, 0.15) is 60.0 Å². The summed E-state index contributed by atoms with van der Waals surface area (Å²) in [6.45, 7) is 1.81. The first-order chi connectivity index (χ1) is 11.1. The van der Waals surface area contributed by atoms with E-state index in [-0.39, 0.29) is 5.82 Å². The molecule has 0 unspecified atom stereocenters. The molecule has 0 bridgehead atoms. The summed E-state index contributed by atoms with van der Waals surface area (Å²) >= 11 is 0. The number of rotatable bonds is 1. The quantitative estimate of drug-likeness (QED) is 0.740. The molecule has 1 saturated carbocycles. The number of hydrogen-bond acceptors (Lipinski definition) is 3. The van der Waals surface area contributed by atoms with Crippen molar-refractivity contribution < 1.29 is 13.9 Å². The van der Waals surface area contributed by atoms with Crippen LogP contribution >= 0.6 is 0 Å².